The van der Waals surface area contributed by atoms with Crippen LogP contribution in [0.4, 0.5) is 0 Å². The minimum Gasteiger partial charge on any atom is -0.0985 e. The normalized spacial score (nSPS) is 11.9. The van der Waals surface area contributed by atoms with Gasteiger partial charge in [0, 0.05) is 0 Å². The first-order valence-corrected chi connectivity index (χ1v) is 6.68. The van der Waals surface area contributed by atoms with E-state index in [1.165, 1.54) is 0 Å². The second-order valence-electron chi connectivity index (χ2n) is 4.29. The van der Waals surface area contributed by atoms with Crippen LogP contribution in [0.3, 0.4) is 0 Å². The predicted octanol–water partition coefficient (Wildman–Crippen LogP) is 6.15. The summed E-state index contributed by atoms with van der Waals surface area (Å²) in [6.07, 6.45) is 11.6. The van der Waals surface area contributed by atoms with Gasteiger partial charge in [-0.25, -0.2) is 0 Å². The molecule has 0 amide bonds. The van der Waals surface area contributed by atoms with Gasteiger partial charge in [0.1, 0.15) is 0 Å². The van der Waals surface area contributed by atoms with Crippen molar-refractivity contribution < 1.29 is 0 Å². The number of allylic oxidation sites excluding steroid dienone is 6. The van der Waals surface area contributed by atoms with Crippen molar-refractivity contribution >= 4 is 23.3 Å². The molecule has 0 N–H and O–H groups in total. The Labute approximate surface area is 122 Å². The Bertz CT molecular complexity index is 552. The van der Waals surface area contributed by atoms with Gasteiger partial charge in [0.15, 0.2) is 0 Å². The molecule has 0 bridgehead atoms. The number of rotatable bonds is 6. The fourth-order valence-corrected chi connectivity index (χ4v) is 2.35. The Hall–Kier alpha value is -2.34. The summed E-state index contributed by atoms with van der Waals surface area (Å²) in [4.78, 5) is 0. The lowest BCUT2D eigenvalue weighted by atomic mass is 9.88. The lowest BCUT2D eigenvalue weighted by Gasteiger charge is -2.15. The Morgan fingerprint density at radius 2 is 1.10 bits per heavy atom. The van der Waals surface area contributed by atoms with Crippen LogP contribution in [0.2, 0.25) is 0 Å². The zero-order valence-electron chi connectivity index (χ0n) is 12.4. The monoisotopic (exact) mass is 262 g/mol. The van der Waals surface area contributed by atoms with Gasteiger partial charge in [0.05, 0.1) is 0 Å². The van der Waals surface area contributed by atoms with Crippen LogP contribution in [0.1, 0.15) is 36.1 Å². The van der Waals surface area contributed by atoms with Gasteiger partial charge in [-0.15, -0.1) is 0 Å². The summed E-state index contributed by atoms with van der Waals surface area (Å²) in [6.45, 7) is 19.7. The van der Waals surface area contributed by atoms with E-state index >= 15 is 0 Å². The highest BCUT2D eigenvalue weighted by atomic mass is 14.2. The summed E-state index contributed by atoms with van der Waals surface area (Å²) >= 11 is 0. The van der Waals surface area contributed by atoms with Gasteiger partial charge < -0.3 is 0 Å². The first-order valence-electron chi connectivity index (χ1n) is 6.68. The molecule has 1 rings (SSSR count). The van der Waals surface area contributed by atoms with Crippen LogP contribution in [-0.4, -0.2) is 0 Å². The van der Waals surface area contributed by atoms with Gasteiger partial charge in [-0.3, -0.25) is 0 Å². The van der Waals surface area contributed by atoms with Gasteiger partial charge >= 0.3 is 0 Å². The smallest absolute Gasteiger partial charge is 0.0105 e. The summed E-state index contributed by atoms with van der Waals surface area (Å²) in [5.74, 6) is 0. The first kappa shape index (κ1) is 15.7. The molecule has 0 heteroatoms. The Morgan fingerprint density at radius 1 is 0.750 bits per heavy atom. The fourth-order valence-electron chi connectivity index (χ4n) is 2.35. The molecule has 20 heavy (non-hydrogen) atoms. The standard InChI is InChI=1S/C20H22/c1-7-15(8-2)19-13-14-20(16(9-3)10-4)18(12-6)17(19)11-5/h7-14H,1,3,5-6H2,2,4H3/b15-8+,16-10+. The lowest BCUT2D eigenvalue weighted by Crippen LogP contribution is -1.96. The molecule has 0 saturated carbocycles. The van der Waals surface area contributed by atoms with Crippen LogP contribution in [0.25, 0.3) is 23.3 Å². The molecule has 0 heterocycles. The van der Waals surface area contributed by atoms with E-state index in [4.69, 9.17) is 0 Å². The molecular weight excluding hydrogens is 240 g/mol. The van der Waals surface area contributed by atoms with E-state index in [1.807, 2.05) is 50.3 Å². The van der Waals surface area contributed by atoms with Crippen LogP contribution in [0, 0.1) is 0 Å². The fraction of sp³-hybridized carbons (Fsp3) is 0.100. The topological polar surface area (TPSA) is 0 Å². The Morgan fingerprint density at radius 3 is 1.30 bits per heavy atom. The maximum absolute atomic E-state index is 3.95. The van der Waals surface area contributed by atoms with E-state index in [2.05, 4.69) is 38.4 Å². The molecule has 0 aromatic heterocycles. The van der Waals surface area contributed by atoms with Crippen LogP contribution in [0.5, 0.6) is 0 Å². The third-order valence-electron chi connectivity index (χ3n) is 3.38. The van der Waals surface area contributed by atoms with Crippen molar-refractivity contribution in [3.8, 4) is 0 Å². The molecule has 0 atom stereocenters. The first-order chi connectivity index (χ1) is 9.68. The summed E-state index contributed by atoms with van der Waals surface area (Å²) in [7, 11) is 0. The van der Waals surface area contributed by atoms with E-state index in [0.717, 1.165) is 33.4 Å². The molecule has 0 unspecified atom stereocenters. The summed E-state index contributed by atoms with van der Waals surface area (Å²) < 4.78 is 0. The SMILES string of the molecule is C=C/C(=C\C)c1ccc(/C(C=C)=C/C)c(C=C)c1C=C. The van der Waals surface area contributed by atoms with Gasteiger partial charge in [-0.2, -0.15) is 0 Å². The average molecular weight is 262 g/mol. The molecule has 0 aliphatic carbocycles. The summed E-state index contributed by atoms with van der Waals surface area (Å²) in [5, 5.41) is 0. The minimum atomic E-state index is 1.08. The van der Waals surface area contributed by atoms with Crippen molar-refractivity contribution in [3.05, 3.63) is 85.0 Å². The highest BCUT2D eigenvalue weighted by Gasteiger charge is 2.11. The molecule has 102 valence electrons. The van der Waals surface area contributed by atoms with E-state index in [9.17, 15) is 0 Å². The second kappa shape index (κ2) is 7.30. The maximum Gasteiger partial charge on any atom is -0.0105 e. The van der Waals surface area contributed by atoms with Crippen molar-refractivity contribution in [2.45, 2.75) is 13.8 Å². The molecule has 0 aliphatic heterocycles. The van der Waals surface area contributed by atoms with E-state index in [0.29, 0.717) is 0 Å². The number of hydrogen-bond acceptors (Lipinski definition) is 0. The summed E-state index contributed by atoms with van der Waals surface area (Å²) in [6, 6.07) is 4.20. The molecule has 0 radical (unpaired) electrons. The number of hydrogen-bond donors (Lipinski definition) is 0. The molecule has 0 saturated heterocycles. The third kappa shape index (κ3) is 2.80. The molecule has 0 spiro atoms. The third-order valence-corrected chi connectivity index (χ3v) is 3.38. The van der Waals surface area contributed by atoms with Crippen molar-refractivity contribution in [1.29, 1.82) is 0 Å². The lowest BCUT2D eigenvalue weighted by molar-refractivity contribution is 1.49. The van der Waals surface area contributed by atoms with Crippen molar-refractivity contribution in [2.24, 2.45) is 0 Å². The molecular formula is C20H22. The van der Waals surface area contributed by atoms with Crippen molar-refractivity contribution in [2.75, 3.05) is 0 Å². The minimum absolute atomic E-state index is 1.08. The van der Waals surface area contributed by atoms with Gasteiger partial charge in [-0.05, 0) is 47.2 Å². The molecule has 1 aromatic carbocycles. The predicted molar refractivity (Wildman–Crippen MR) is 94.3 cm³/mol. The van der Waals surface area contributed by atoms with E-state index in [1.54, 1.807) is 0 Å². The van der Waals surface area contributed by atoms with Gasteiger partial charge in [0.2, 0.25) is 0 Å². The number of benzene rings is 1. The van der Waals surface area contributed by atoms with Gasteiger partial charge in [-0.1, -0.05) is 74.9 Å². The highest BCUT2D eigenvalue weighted by Crippen LogP contribution is 2.31. The van der Waals surface area contributed by atoms with Crippen LogP contribution < -0.4 is 0 Å². The van der Waals surface area contributed by atoms with E-state index in [-0.39, 0.29) is 0 Å². The molecule has 0 aliphatic rings. The quantitative estimate of drug-likeness (QED) is 0.539. The average Bonchev–Trinajstić information content (AvgIpc) is 2.49. The molecule has 0 fully saturated rings. The second-order valence-corrected chi connectivity index (χ2v) is 4.29. The van der Waals surface area contributed by atoms with Crippen LogP contribution >= 0.6 is 0 Å². The van der Waals surface area contributed by atoms with Crippen molar-refractivity contribution in [3.63, 3.8) is 0 Å². The highest BCUT2D eigenvalue weighted by molar-refractivity contribution is 5.89. The maximum atomic E-state index is 3.95. The Balaban J connectivity index is 3.74. The van der Waals surface area contributed by atoms with E-state index < -0.39 is 0 Å². The molecule has 0 nitrogen and oxygen atoms in total. The van der Waals surface area contributed by atoms with Crippen LogP contribution in [0.15, 0.2) is 62.8 Å². The summed E-state index contributed by atoms with van der Waals surface area (Å²) in [5.41, 5.74) is 6.58. The largest absolute Gasteiger partial charge is 0.0985 e. The molecule has 1 aromatic rings. The zero-order chi connectivity index (χ0) is 15.1. The van der Waals surface area contributed by atoms with Crippen LogP contribution in [-0.2, 0) is 0 Å². The van der Waals surface area contributed by atoms with Gasteiger partial charge in [0.25, 0.3) is 0 Å². The Kier molecular flexibility index (Phi) is 5.74. The van der Waals surface area contributed by atoms with Crippen molar-refractivity contribution in [1.82, 2.24) is 0 Å². The zero-order valence-corrected chi connectivity index (χ0v) is 12.4.